The van der Waals surface area contributed by atoms with E-state index in [1.54, 1.807) is 0 Å². The highest BCUT2D eigenvalue weighted by molar-refractivity contribution is 5.88. The predicted molar refractivity (Wildman–Crippen MR) is 63.0 cm³/mol. The molecule has 0 unspecified atom stereocenters. The Morgan fingerprint density at radius 3 is 2.80 bits per heavy atom. The van der Waals surface area contributed by atoms with Crippen LogP contribution in [-0.4, -0.2) is 6.61 Å². The van der Waals surface area contributed by atoms with Gasteiger partial charge in [-0.2, -0.15) is 0 Å². The number of rotatable bonds is 3. The summed E-state index contributed by atoms with van der Waals surface area (Å²) in [6.07, 6.45) is 0. The maximum atomic E-state index is 5.61. The molecular weight excluding hydrogens is 186 g/mol. The van der Waals surface area contributed by atoms with Gasteiger partial charge in [-0.15, -0.1) is 0 Å². The minimum Gasteiger partial charge on any atom is -0.493 e. The topological polar surface area (TPSA) is 35.2 Å². The molecule has 0 saturated carbocycles. The van der Waals surface area contributed by atoms with Crippen molar-refractivity contribution in [2.75, 3.05) is 6.61 Å². The monoisotopic (exact) mass is 201 g/mol. The lowest BCUT2D eigenvalue weighted by molar-refractivity contribution is 0.344. The lowest BCUT2D eigenvalue weighted by Crippen LogP contribution is -1.96. The zero-order chi connectivity index (χ0) is 10.7. The summed E-state index contributed by atoms with van der Waals surface area (Å²) in [5, 5.41) is 2.33. The van der Waals surface area contributed by atoms with Crippen LogP contribution in [0.25, 0.3) is 10.8 Å². The quantitative estimate of drug-likeness (QED) is 0.828. The van der Waals surface area contributed by atoms with E-state index in [1.807, 2.05) is 25.1 Å². The van der Waals surface area contributed by atoms with E-state index in [4.69, 9.17) is 10.5 Å². The first-order valence-electron chi connectivity index (χ1n) is 5.19. The van der Waals surface area contributed by atoms with Gasteiger partial charge in [0.2, 0.25) is 0 Å². The maximum absolute atomic E-state index is 5.61. The summed E-state index contributed by atoms with van der Waals surface area (Å²) in [4.78, 5) is 0. The molecule has 2 aromatic rings. The second-order valence-corrected chi connectivity index (χ2v) is 3.45. The Labute approximate surface area is 89.7 Å². The van der Waals surface area contributed by atoms with Gasteiger partial charge in [0, 0.05) is 11.9 Å². The third kappa shape index (κ3) is 1.95. The molecule has 0 atom stereocenters. The first kappa shape index (κ1) is 9.99. The Balaban J connectivity index is 2.56. The van der Waals surface area contributed by atoms with Gasteiger partial charge in [0.1, 0.15) is 5.75 Å². The molecule has 2 nitrogen and oxygen atoms in total. The molecule has 0 spiro atoms. The molecule has 15 heavy (non-hydrogen) atoms. The maximum Gasteiger partial charge on any atom is 0.127 e. The smallest absolute Gasteiger partial charge is 0.127 e. The molecule has 2 aromatic carbocycles. The van der Waals surface area contributed by atoms with Crippen molar-refractivity contribution in [3.05, 3.63) is 42.0 Å². The van der Waals surface area contributed by atoms with E-state index >= 15 is 0 Å². The van der Waals surface area contributed by atoms with Crippen molar-refractivity contribution >= 4 is 10.8 Å². The van der Waals surface area contributed by atoms with Crippen LogP contribution < -0.4 is 10.5 Å². The van der Waals surface area contributed by atoms with Crippen LogP contribution in [-0.2, 0) is 6.54 Å². The summed E-state index contributed by atoms with van der Waals surface area (Å²) in [5.74, 6) is 0.943. The fourth-order valence-corrected chi connectivity index (χ4v) is 1.71. The first-order valence-corrected chi connectivity index (χ1v) is 5.19. The predicted octanol–water partition coefficient (Wildman–Crippen LogP) is 2.70. The van der Waals surface area contributed by atoms with Gasteiger partial charge in [0.05, 0.1) is 6.61 Å². The number of fused-ring (bicyclic) bond motifs is 1. The Kier molecular flexibility index (Phi) is 2.88. The second kappa shape index (κ2) is 4.32. The van der Waals surface area contributed by atoms with Gasteiger partial charge in [-0.25, -0.2) is 0 Å². The Hall–Kier alpha value is -1.54. The van der Waals surface area contributed by atoms with E-state index in [1.165, 1.54) is 5.39 Å². The van der Waals surface area contributed by atoms with Crippen molar-refractivity contribution in [2.24, 2.45) is 5.73 Å². The average molecular weight is 201 g/mol. The van der Waals surface area contributed by atoms with Crippen molar-refractivity contribution in [2.45, 2.75) is 13.5 Å². The standard InChI is InChI=1S/C13H15NO/c1-2-15-13-5-3-4-11-8-10(9-14)6-7-12(11)13/h3-8H,2,9,14H2,1H3. The fourth-order valence-electron chi connectivity index (χ4n) is 1.71. The van der Waals surface area contributed by atoms with E-state index < -0.39 is 0 Å². The lowest BCUT2D eigenvalue weighted by Gasteiger charge is -2.08. The van der Waals surface area contributed by atoms with Gasteiger partial charge in [-0.3, -0.25) is 0 Å². The van der Waals surface area contributed by atoms with Gasteiger partial charge in [0.25, 0.3) is 0 Å². The van der Waals surface area contributed by atoms with E-state index in [0.717, 1.165) is 16.7 Å². The number of ether oxygens (including phenoxy) is 1. The van der Waals surface area contributed by atoms with Gasteiger partial charge in [-0.1, -0.05) is 24.3 Å². The zero-order valence-electron chi connectivity index (χ0n) is 8.86. The molecule has 0 bridgehead atoms. The highest BCUT2D eigenvalue weighted by Crippen LogP contribution is 2.26. The van der Waals surface area contributed by atoms with E-state index in [9.17, 15) is 0 Å². The van der Waals surface area contributed by atoms with Crippen LogP contribution >= 0.6 is 0 Å². The summed E-state index contributed by atoms with van der Waals surface area (Å²) >= 11 is 0. The molecule has 78 valence electrons. The molecule has 2 N–H and O–H groups in total. The van der Waals surface area contributed by atoms with Crippen molar-refractivity contribution in [1.29, 1.82) is 0 Å². The Bertz CT molecular complexity index is 465. The molecule has 0 aromatic heterocycles. The zero-order valence-corrected chi connectivity index (χ0v) is 8.86. The summed E-state index contributed by atoms with van der Waals surface area (Å²) in [6.45, 7) is 3.26. The summed E-state index contributed by atoms with van der Waals surface area (Å²) in [7, 11) is 0. The molecule has 2 heteroatoms. The van der Waals surface area contributed by atoms with Crippen molar-refractivity contribution in [3.63, 3.8) is 0 Å². The molecular formula is C13H15NO. The molecule has 0 saturated heterocycles. The van der Waals surface area contributed by atoms with Crippen LogP contribution in [0.4, 0.5) is 0 Å². The average Bonchev–Trinajstić information content (AvgIpc) is 2.29. The molecule has 0 amide bonds. The third-order valence-corrected chi connectivity index (χ3v) is 2.44. The Morgan fingerprint density at radius 1 is 1.20 bits per heavy atom. The molecule has 0 fully saturated rings. The van der Waals surface area contributed by atoms with Gasteiger partial charge in [0.15, 0.2) is 0 Å². The van der Waals surface area contributed by atoms with Crippen molar-refractivity contribution in [1.82, 2.24) is 0 Å². The normalized spacial score (nSPS) is 10.5. The van der Waals surface area contributed by atoms with Crippen LogP contribution in [0.1, 0.15) is 12.5 Å². The highest BCUT2D eigenvalue weighted by Gasteiger charge is 2.01. The molecule has 0 aliphatic carbocycles. The number of benzene rings is 2. The van der Waals surface area contributed by atoms with E-state index in [2.05, 4.69) is 18.2 Å². The first-order chi connectivity index (χ1) is 7.35. The van der Waals surface area contributed by atoms with Crippen LogP contribution in [0, 0.1) is 0 Å². The third-order valence-electron chi connectivity index (χ3n) is 2.44. The minimum atomic E-state index is 0.578. The van der Waals surface area contributed by atoms with Gasteiger partial charge in [-0.05, 0) is 30.0 Å². The molecule has 0 radical (unpaired) electrons. The fraction of sp³-hybridized carbons (Fsp3) is 0.231. The Morgan fingerprint density at radius 2 is 2.07 bits per heavy atom. The summed E-state index contributed by atoms with van der Waals surface area (Å²) in [6, 6.07) is 12.3. The van der Waals surface area contributed by atoms with E-state index in [0.29, 0.717) is 13.2 Å². The molecule has 2 rings (SSSR count). The highest BCUT2D eigenvalue weighted by atomic mass is 16.5. The van der Waals surface area contributed by atoms with Crippen LogP contribution in [0.5, 0.6) is 5.75 Å². The molecule has 0 heterocycles. The van der Waals surface area contributed by atoms with Crippen LogP contribution in [0.3, 0.4) is 0 Å². The van der Waals surface area contributed by atoms with Crippen molar-refractivity contribution < 1.29 is 4.74 Å². The van der Waals surface area contributed by atoms with Crippen LogP contribution in [0.15, 0.2) is 36.4 Å². The van der Waals surface area contributed by atoms with Crippen LogP contribution in [0.2, 0.25) is 0 Å². The lowest BCUT2D eigenvalue weighted by atomic mass is 10.1. The number of hydrogen-bond donors (Lipinski definition) is 1. The second-order valence-electron chi connectivity index (χ2n) is 3.45. The summed E-state index contributed by atoms with van der Waals surface area (Å²) in [5.41, 5.74) is 6.76. The van der Waals surface area contributed by atoms with Gasteiger partial charge < -0.3 is 10.5 Å². The number of nitrogens with two attached hydrogens (primary N) is 1. The van der Waals surface area contributed by atoms with E-state index in [-0.39, 0.29) is 0 Å². The van der Waals surface area contributed by atoms with Crippen molar-refractivity contribution in [3.8, 4) is 5.75 Å². The number of hydrogen-bond acceptors (Lipinski definition) is 2. The largest absolute Gasteiger partial charge is 0.493 e. The molecule has 0 aliphatic rings. The SMILES string of the molecule is CCOc1cccc2cc(CN)ccc12. The summed E-state index contributed by atoms with van der Waals surface area (Å²) < 4.78 is 5.56. The minimum absolute atomic E-state index is 0.578. The van der Waals surface area contributed by atoms with Gasteiger partial charge >= 0.3 is 0 Å². The molecule has 0 aliphatic heterocycles.